The summed E-state index contributed by atoms with van der Waals surface area (Å²) in [5.74, 6) is 1.23. The number of hydrogen-bond donors (Lipinski definition) is 1. The van der Waals surface area contributed by atoms with E-state index in [0.29, 0.717) is 11.8 Å². The Labute approximate surface area is 111 Å². The first-order valence-corrected chi connectivity index (χ1v) is 6.80. The molecule has 1 N–H and O–H groups in total. The molecule has 0 heterocycles. The van der Waals surface area contributed by atoms with Gasteiger partial charge in [-0.25, -0.2) is 0 Å². The predicted molar refractivity (Wildman–Crippen MR) is 79.6 cm³/mol. The standard InChI is InChI=1S/C17H23N/c1-12(2)15-7-10-17(14(4)11-15)18-16-8-5-13(3)6-9-16/h5-10,12,14,18H,11H2,1-4H3. The molecule has 0 fully saturated rings. The Bertz CT molecular complexity index is 463. The lowest BCUT2D eigenvalue weighted by atomic mass is 9.87. The molecule has 1 aliphatic carbocycles. The molecule has 0 spiro atoms. The maximum absolute atomic E-state index is 3.53. The van der Waals surface area contributed by atoms with E-state index in [2.05, 4.69) is 69.4 Å². The second kappa shape index (κ2) is 5.43. The van der Waals surface area contributed by atoms with Crippen LogP contribution in [0, 0.1) is 18.8 Å². The number of rotatable bonds is 3. The van der Waals surface area contributed by atoms with Gasteiger partial charge in [0.25, 0.3) is 0 Å². The van der Waals surface area contributed by atoms with Gasteiger partial charge in [0.2, 0.25) is 0 Å². The smallest absolute Gasteiger partial charge is 0.0382 e. The minimum absolute atomic E-state index is 0.578. The number of allylic oxidation sites excluding steroid dienone is 4. The van der Waals surface area contributed by atoms with Crippen LogP contribution in [0.4, 0.5) is 5.69 Å². The first kappa shape index (κ1) is 12.9. The van der Waals surface area contributed by atoms with Gasteiger partial charge in [-0.2, -0.15) is 0 Å². The largest absolute Gasteiger partial charge is 0.359 e. The summed E-state index contributed by atoms with van der Waals surface area (Å²) in [4.78, 5) is 0. The second-order valence-electron chi connectivity index (χ2n) is 5.61. The Morgan fingerprint density at radius 3 is 2.33 bits per heavy atom. The average molecular weight is 241 g/mol. The van der Waals surface area contributed by atoms with Gasteiger partial charge in [0.05, 0.1) is 0 Å². The van der Waals surface area contributed by atoms with Crippen molar-refractivity contribution in [2.24, 2.45) is 11.8 Å². The lowest BCUT2D eigenvalue weighted by Gasteiger charge is -2.24. The van der Waals surface area contributed by atoms with Gasteiger partial charge in [-0.3, -0.25) is 0 Å². The highest BCUT2D eigenvalue weighted by atomic mass is 14.9. The molecule has 1 aliphatic rings. The minimum Gasteiger partial charge on any atom is -0.359 e. The monoisotopic (exact) mass is 241 g/mol. The lowest BCUT2D eigenvalue weighted by molar-refractivity contribution is 0.600. The Morgan fingerprint density at radius 2 is 1.78 bits per heavy atom. The van der Waals surface area contributed by atoms with Crippen molar-refractivity contribution in [3.8, 4) is 0 Å². The molecule has 96 valence electrons. The van der Waals surface area contributed by atoms with Crippen molar-refractivity contribution < 1.29 is 0 Å². The summed E-state index contributed by atoms with van der Waals surface area (Å²) in [7, 11) is 0. The van der Waals surface area contributed by atoms with Gasteiger partial charge in [-0.05, 0) is 43.4 Å². The predicted octanol–water partition coefficient (Wildman–Crippen LogP) is 4.91. The fraction of sp³-hybridized carbons (Fsp3) is 0.412. The summed E-state index contributed by atoms with van der Waals surface area (Å²) in [5, 5.41) is 3.53. The van der Waals surface area contributed by atoms with E-state index >= 15 is 0 Å². The van der Waals surface area contributed by atoms with Gasteiger partial charge in [0.15, 0.2) is 0 Å². The van der Waals surface area contributed by atoms with Gasteiger partial charge >= 0.3 is 0 Å². The first-order valence-electron chi connectivity index (χ1n) is 6.80. The molecular formula is C17H23N. The van der Waals surface area contributed by atoms with Crippen LogP contribution < -0.4 is 5.32 Å². The maximum atomic E-state index is 3.53. The van der Waals surface area contributed by atoms with E-state index in [1.165, 1.54) is 23.4 Å². The highest BCUT2D eigenvalue weighted by Crippen LogP contribution is 2.29. The highest BCUT2D eigenvalue weighted by molar-refractivity contribution is 5.51. The Kier molecular flexibility index (Phi) is 3.90. The van der Waals surface area contributed by atoms with E-state index in [-0.39, 0.29) is 0 Å². The molecule has 0 radical (unpaired) electrons. The average Bonchev–Trinajstić information content (AvgIpc) is 2.34. The molecule has 0 aliphatic heterocycles. The van der Waals surface area contributed by atoms with Crippen molar-refractivity contribution in [1.82, 2.24) is 0 Å². The normalized spacial score (nSPS) is 19.5. The van der Waals surface area contributed by atoms with Crippen LogP contribution in [0.2, 0.25) is 0 Å². The van der Waals surface area contributed by atoms with Crippen LogP contribution in [0.5, 0.6) is 0 Å². The van der Waals surface area contributed by atoms with E-state index in [0.717, 1.165) is 0 Å². The maximum Gasteiger partial charge on any atom is 0.0382 e. The zero-order valence-electron chi connectivity index (χ0n) is 11.8. The second-order valence-corrected chi connectivity index (χ2v) is 5.61. The van der Waals surface area contributed by atoms with E-state index in [1.54, 1.807) is 5.57 Å². The van der Waals surface area contributed by atoms with Crippen LogP contribution in [-0.2, 0) is 0 Å². The fourth-order valence-electron chi connectivity index (χ4n) is 2.29. The third-order valence-electron chi connectivity index (χ3n) is 3.63. The third kappa shape index (κ3) is 3.04. The van der Waals surface area contributed by atoms with Crippen LogP contribution in [0.15, 0.2) is 47.7 Å². The van der Waals surface area contributed by atoms with Crippen LogP contribution >= 0.6 is 0 Å². The summed E-state index contributed by atoms with van der Waals surface area (Å²) in [5.41, 5.74) is 5.36. The summed E-state index contributed by atoms with van der Waals surface area (Å²) in [6.07, 6.45) is 5.69. The minimum atomic E-state index is 0.578. The van der Waals surface area contributed by atoms with E-state index < -0.39 is 0 Å². The molecule has 1 nitrogen and oxygen atoms in total. The Hall–Kier alpha value is -1.50. The number of anilines is 1. The molecular weight excluding hydrogens is 218 g/mol. The molecule has 1 aromatic rings. The number of benzene rings is 1. The van der Waals surface area contributed by atoms with Crippen LogP contribution in [0.3, 0.4) is 0 Å². The Morgan fingerprint density at radius 1 is 1.11 bits per heavy atom. The van der Waals surface area contributed by atoms with Crippen molar-refractivity contribution in [3.63, 3.8) is 0 Å². The van der Waals surface area contributed by atoms with Crippen molar-refractivity contribution in [3.05, 3.63) is 53.3 Å². The number of aryl methyl sites for hydroxylation is 1. The molecule has 1 atom stereocenters. The molecule has 0 saturated carbocycles. The molecule has 1 heteroatoms. The molecule has 0 amide bonds. The molecule has 1 aromatic carbocycles. The number of hydrogen-bond acceptors (Lipinski definition) is 1. The summed E-state index contributed by atoms with van der Waals surface area (Å²) in [6.45, 7) is 8.95. The zero-order valence-corrected chi connectivity index (χ0v) is 11.8. The van der Waals surface area contributed by atoms with Crippen molar-refractivity contribution >= 4 is 5.69 Å². The van der Waals surface area contributed by atoms with Crippen LogP contribution in [0.1, 0.15) is 32.8 Å². The summed E-state index contributed by atoms with van der Waals surface area (Å²) < 4.78 is 0. The van der Waals surface area contributed by atoms with E-state index in [4.69, 9.17) is 0 Å². The van der Waals surface area contributed by atoms with Gasteiger partial charge in [0.1, 0.15) is 0 Å². The Balaban J connectivity index is 2.12. The fourth-order valence-corrected chi connectivity index (χ4v) is 2.29. The zero-order chi connectivity index (χ0) is 13.1. The molecule has 0 aromatic heterocycles. The first-order chi connectivity index (χ1) is 8.56. The van der Waals surface area contributed by atoms with Gasteiger partial charge in [-0.15, -0.1) is 0 Å². The van der Waals surface area contributed by atoms with Crippen LogP contribution in [-0.4, -0.2) is 0 Å². The summed E-state index contributed by atoms with van der Waals surface area (Å²) >= 11 is 0. The van der Waals surface area contributed by atoms with Crippen molar-refractivity contribution in [2.45, 2.75) is 34.1 Å². The molecule has 0 saturated heterocycles. The van der Waals surface area contributed by atoms with Crippen LogP contribution in [0.25, 0.3) is 0 Å². The van der Waals surface area contributed by atoms with Gasteiger partial charge in [-0.1, -0.05) is 50.1 Å². The SMILES string of the molecule is Cc1ccc(NC2=CC=C(C(C)C)CC2C)cc1. The van der Waals surface area contributed by atoms with Gasteiger partial charge < -0.3 is 5.32 Å². The molecule has 18 heavy (non-hydrogen) atoms. The summed E-state index contributed by atoms with van der Waals surface area (Å²) in [6, 6.07) is 8.58. The number of nitrogens with one attached hydrogen (secondary N) is 1. The quantitative estimate of drug-likeness (QED) is 0.792. The van der Waals surface area contributed by atoms with Crippen molar-refractivity contribution in [1.29, 1.82) is 0 Å². The van der Waals surface area contributed by atoms with E-state index in [1.807, 2.05) is 0 Å². The van der Waals surface area contributed by atoms with Crippen molar-refractivity contribution in [2.75, 3.05) is 5.32 Å². The molecule has 2 rings (SSSR count). The highest BCUT2D eigenvalue weighted by Gasteiger charge is 2.16. The van der Waals surface area contributed by atoms with Gasteiger partial charge in [0, 0.05) is 11.4 Å². The third-order valence-corrected chi connectivity index (χ3v) is 3.63. The molecule has 0 bridgehead atoms. The van der Waals surface area contributed by atoms with E-state index in [9.17, 15) is 0 Å². The topological polar surface area (TPSA) is 12.0 Å². The molecule has 1 unspecified atom stereocenters. The lowest BCUT2D eigenvalue weighted by Crippen LogP contribution is -2.14.